The SMILES string of the molecule is CCCCc1c(F)cccc1C(C)=O. The van der Waals surface area contributed by atoms with Gasteiger partial charge in [0.15, 0.2) is 5.78 Å². The minimum atomic E-state index is -0.258. The molecule has 14 heavy (non-hydrogen) atoms. The van der Waals surface area contributed by atoms with Gasteiger partial charge in [-0.05, 0) is 31.4 Å². The molecule has 76 valence electrons. The Labute approximate surface area is 83.9 Å². The summed E-state index contributed by atoms with van der Waals surface area (Å²) in [6, 6.07) is 4.69. The number of hydrogen-bond acceptors (Lipinski definition) is 1. The molecule has 0 amide bonds. The number of hydrogen-bond donors (Lipinski definition) is 0. The molecule has 0 N–H and O–H groups in total. The molecule has 2 heteroatoms. The fourth-order valence-corrected chi connectivity index (χ4v) is 1.50. The maximum atomic E-state index is 13.4. The van der Waals surface area contributed by atoms with Crippen molar-refractivity contribution in [2.45, 2.75) is 33.1 Å². The summed E-state index contributed by atoms with van der Waals surface area (Å²) in [5, 5.41) is 0. The van der Waals surface area contributed by atoms with Crippen molar-refractivity contribution < 1.29 is 9.18 Å². The van der Waals surface area contributed by atoms with E-state index < -0.39 is 0 Å². The number of halogens is 1. The molecule has 0 unspecified atom stereocenters. The normalized spacial score (nSPS) is 10.2. The summed E-state index contributed by atoms with van der Waals surface area (Å²) >= 11 is 0. The third kappa shape index (κ3) is 2.41. The van der Waals surface area contributed by atoms with Crippen molar-refractivity contribution in [3.05, 3.63) is 35.1 Å². The van der Waals surface area contributed by atoms with Gasteiger partial charge >= 0.3 is 0 Å². The standard InChI is InChI=1S/C12H15FO/c1-3-4-6-11-10(9(2)14)7-5-8-12(11)13/h5,7-8H,3-4,6H2,1-2H3. The van der Waals surface area contributed by atoms with Gasteiger partial charge < -0.3 is 0 Å². The molecule has 0 heterocycles. The molecule has 0 saturated heterocycles. The molecule has 1 rings (SSSR count). The second kappa shape index (κ2) is 4.89. The van der Waals surface area contributed by atoms with Crippen molar-refractivity contribution in [2.75, 3.05) is 0 Å². The quantitative estimate of drug-likeness (QED) is 0.671. The second-order valence-electron chi connectivity index (χ2n) is 3.43. The van der Waals surface area contributed by atoms with Gasteiger partial charge in [0.1, 0.15) is 5.82 Å². The Morgan fingerprint density at radius 2 is 2.14 bits per heavy atom. The Balaban J connectivity index is 3.02. The van der Waals surface area contributed by atoms with Crippen LogP contribution in [-0.4, -0.2) is 5.78 Å². The number of ketones is 1. The molecule has 0 aliphatic carbocycles. The van der Waals surface area contributed by atoms with Gasteiger partial charge in [0.25, 0.3) is 0 Å². The Kier molecular flexibility index (Phi) is 3.81. The second-order valence-corrected chi connectivity index (χ2v) is 3.43. The number of benzene rings is 1. The van der Waals surface area contributed by atoms with Crippen LogP contribution in [-0.2, 0) is 6.42 Å². The van der Waals surface area contributed by atoms with Crippen molar-refractivity contribution in [1.29, 1.82) is 0 Å². The van der Waals surface area contributed by atoms with Gasteiger partial charge in [-0.2, -0.15) is 0 Å². The largest absolute Gasteiger partial charge is 0.294 e. The highest BCUT2D eigenvalue weighted by molar-refractivity contribution is 5.95. The third-order valence-electron chi connectivity index (χ3n) is 2.28. The molecular formula is C12H15FO. The molecule has 1 aromatic carbocycles. The van der Waals surface area contributed by atoms with E-state index in [0.717, 1.165) is 12.8 Å². The van der Waals surface area contributed by atoms with E-state index in [-0.39, 0.29) is 11.6 Å². The summed E-state index contributed by atoms with van der Waals surface area (Å²) in [5.74, 6) is -0.318. The van der Waals surface area contributed by atoms with E-state index in [1.165, 1.54) is 13.0 Å². The van der Waals surface area contributed by atoms with Crippen LogP contribution in [0.2, 0.25) is 0 Å². The average Bonchev–Trinajstić information content (AvgIpc) is 2.15. The third-order valence-corrected chi connectivity index (χ3v) is 2.28. The fraction of sp³-hybridized carbons (Fsp3) is 0.417. The minimum Gasteiger partial charge on any atom is -0.294 e. The lowest BCUT2D eigenvalue weighted by Gasteiger charge is -2.06. The lowest BCUT2D eigenvalue weighted by Crippen LogP contribution is -2.02. The molecule has 1 nitrogen and oxygen atoms in total. The van der Waals surface area contributed by atoms with Crippen LogP contribution in [0.15, 0.2) is 18.2 Å². The summed E-state index contributed by atoms with van der Waals surface area (Å²) in [6.07, 6.45) is 2.57. The zero-order valence-electron chi connectivity index (χ0n) is 8.64. The molecule has 0 saturated carbocycles. The van der Waals surface area contributed by atoms with E-state index in [0.29, 0.717) is 17.5 Å². The van der Waals surface area contributed by atoms with Crippen LogP contribution in [0, 0.1) is 5.82 Å². The lowest BCUT2D eigenvalue weighted by atomic mass is 9.99. The van der Waals surface area contributed by atoms with Crippen LogP contribution in [0.5, 0.6) is 0 Å². The van der Waals surface area contributed by atoms with Gasteiger partial charge in [0.05, 0.1) is 0 Å². The Hall–Kier alpha value is -1.18. The molecule has 0 aromatic heterocycles. The Morgan fingerprint density at radius 3 is 2.71 bits per heavy atom. The van der Waals surface area contributed by atoms with Crippen molar-refractivity contribution in [2.24, 2.45) is 0 Å². The topological polar surface area (TPSA) is 17.1 Å². The molecule has 0 aliphatic rings. The van der Waals surface area contributed by atoms with Gasteiger partial charge in [0, 0.05) is 5.56 Å². The monoisotopic (exact) mass is 194 g/mol. The van der Waals surface area contributed by atoms with E-state index in [1.807, 2.05) is 6.92 Å². The van der Waals surface area contributed by atoms with Crippen molar-refractivity contribution in [1.82, 2.24) is 0 Å². The van der Waals surface area contributed by atoms with Crippen LogP contribution in [0.3, 0.4) is 0 Å². The van der Waals surface area contributed by atoms with Crippen LogP contribution in [0.4, 0.5) is 4.39 Å². The Bertz CT molecular complexity index is 331. The number of rotatable bonds is 4. The first-order valence-corrected chi connectivity index (χ1v) is 4.95. The van der Waals surface area contributed by atoms with E-state index in [1.54, 1.807) is 12.1 Å². The summed E-state index contributed by atoms with van der Waals surface area (Å²) in [5.41, 5.74) is 1.10. The average molecular weight is 194 g/mol. The van der Waals surface area contributed by atoms with Crippen molar-refractivity contribution >= 4 is 5.78 Å². The summed E-state index contributed by atoms with van der Waals surface area (Å²) in [6.45, 7) is 3.53. The predicted octanol–water partition coefficient (Wildman–Crippen LogP) is 3.37. The Morgan fingerprint density at radius 1 is 1.43 bits per heavy atom. The highest BCUT2D eigenvalue weighted by atomic mass is 19.1. The lowest BCUT2D eigenvalue weighted by molar-refractivity contribution is 0.101. The predicted molar refractivity (Wildman–Crippen MR) is 55.0 cm³/mol. The molecule has 0 bridgehead atoms. The first kappa shape index (κ1) is 10.9. The minimum absolute atomic E-state index is 0.0596. The smallest absolute Gasteiger partial charge is 0.160 e. The molecule has 0 spiro atoms. The molecule has 0 atom stereocenters. The number of Topliss-reactive ketones (excluding diaryl/α,β-unsaturated/α-hetero) is 1. The maximum Gasteiger partial charge on any atom is 0.160 e. The van der Waals surface area contributed by atoms with Gasteiger partial charge in [-0.1, -0.05) is 25.5 Å². The van der Waals surface area contributed by atoms with E-state index in [4.69, 9.17) is 0 Å². The highest BCUT2D eigenvalue weighted by Gasteiger charge is 2.10. The van der Waals surface area contributed by atoms with Crippen LogP contribution in [0.1, 0.15) is 42.6 Å². The van der Waals surface area contributed by atoms with E-state index in [9.17, 15) is 9.18 Å². The summed E-state index contributed by atoms with van der Waals surface area (Å²) in [7, 11) is 0. The van der Waals surface area contributed by atoms with Crippen LogP contribution < -0.4 is 0 Å². The highest BCUT2D eigenvalue weighted by Crippen LogP contribution is 2.16. The molecular weight excluding hydrogens is 179 g/mol. The van der Waals surface area contributed by atoms with Gasteiger partial charge in [0.2, 0.25) is 0 Å². The van der Waals surface area contributed by atoms with Crippen molar-refractivity contribution in [3.63, 3.8) is 0 Å². The maximum absolute atomic E-state index is 13.4. The fourth-order valence-electron chi connectivity index (χ4n) is 1.50. The first-order chi connectivity index (χ1) is 6.66. The van der Waals surface area contributed by atoms with E-state index >= 15 is 0 Å². The zero-order chi connectivity index (χ0) is 10.6. The molecule has 0 aliphatic heterocycles. The van der Waals surface area contributed by atoms with Gasteiger partial charge in [-0.3, -0.25) is 4.79 Å². The van der Waals surface area contributed by atoms with Crippen molar-refractivity contribution in [3.8, 4) is 0 Å². The van der Waals surface area contributed by atoms with Crippen LogP contribution in [0.25, 0.3) is 0 Å². The molecule has 1 aromatic rings. The number of unbranched alkanes of at least 4 members (excludes halogenated alkanes) is 1. The molecule has 0 fully saturated rings. The molecule has 0 radical (unpaired) electrons. The summed E-state index contributed by atoms with van der Waals surface area (Å²) in [4.78, 5) is 11.2. The van der Waals surface area contributed by atoms with Crippen LogP contribution >= 0.6 is 0 Å². The zero-order valence-corrected chi connectivity index (χ0v) is 8.64. The number of carbonyl (C=O) groups excluding carboxylic acids is 1. The van der Waals surface area contributed by atoms with Gasteiger partial charge in [-0.25, -0.2) is 4.39 Å². The summed E-state index contributed by atoms with van der Waals surface area (Å²) < 4.78 is 13.4. The van der Waals surface area contributed by atoms with E-state index in [2.05, 4.69) is 0 Å². The number of carbonyl (C=O) groups is 1. The van der Waals surface area contributed by atoms with Gasteiger partial charge in [-0.15, -0.1) is 0 Å². The first-order valence-electron chi connectivity index (χ1n) is 4.95.